The van der Waals surface area contributed by atoms with Crippen molar-refractivity contribution in [2.75, 3.05) is 31.1 Å². The molecule has 1 aliphatic heterocycles. The van der Waals surface area contributed by atoms with E-state index in [2.05, 4.69) is 57.9 Å². The lowest BCUT2D eigenvalue weighted by atomic mass is 10.1. The number of nitrogens with zero attached hydrogens (tertiary/aromatic N) is 3. The molecule has 130 valence electrons. The van der Waals surface area contributed by atoms with Crippen molar-refractivity contribution < 1.29 is 0 Å². The molecular formula is C20H23ClN4. The first-order chi connectivity index (χ1) is 12.1. The molecule has 4 rings (SSSR count). The molecule has 0 spiro atoms. The minimum absolute atomic E-state index is 0.629. The van der Waals surface area contributed by atoms with Crippen LogP contribution >= 0.6 is 11.6 Å². The number of nitrogens with one attached hydrogen (secondary N) is 1. The van der Waals surface area contributed by atoms with Crippen LogP contribution in [0, 0.1) is 0 Å². The zero-order valence-corrected chi connectivity index (χ0v) is 15.4. The molecule has 2 aromatic carbocycles. The Morgan fingerprint density at radius 3 is 2.36 bits per heavy atom. The molecule has 1 fully saturated rings. The molecule has 0 unspecified atom stereocenters. The highest BCUT2D eigenvalue weighted by Gasteiger charge is 2.19. The van der Waals surface area contributed by atoms with Crippen molar-refractivity contribution in [3.63, 3.8) is 0 Å². The Morgan fingerprint density at radius 2 is 1.72 bits per heavy atom. The van der Waals surface area contributed by atoms with E-state index >= 15 is 0 Å². The molecule has 0 radical (unpaired) electrons. The van der Waals surface area contributed by atoms with Crippen LogP contribution < -0.4 is 4.90 Å². The van der Waals surface area contributed by atoms with Crippen LogP contribution in [0.3, 0.4) is 0 Å². The van der Waals surface area contributed by atoms with E-state index in [0.29, 0.717) is 11.1 Å². The highest BCUT2D eigenvalue weighted by molar-refractivity contribution is 6.35. The van der Waals surface area contributed by atoms with Gasteiger partial charge in [0.2, 0.25) is 0 Å². The lowest BCUT2D eigenvalue weighted by Gasteiger charge is -2.38. The molecule has 5 heteroatoms. The molecule has 1 aliphatic rings. The van der Waals surface area contributed by atoms with E-state index in [1.165, 1.54) is 5.69 Å². The fourth-order valence-corrected chi connectivity index (χ4v) is 3.68. The summed E-state index contributed by atoms with van der Waals surface area (Å²) >= 11 is 6.23. The molecule has 0 aliphatic carbocycles. The SMILES string of the molecule is CC(C)N1CCN(c2ccc(-c3nc4c(Cl)cccc4[nH]3)cc2)CC1. The van der Waals surface area contributed by atoms with E-state index in [4.69, 9.17) is 11.6 Å². The number of anilines is 1. The van der Waals surface area contributed by atoms with E-state index in [9.17, 15) is 0 Å². The van der Waals surface area contributed by atoms with Gasteiger partial charge < -0.3 is 9.88 Å². The first kappa shape index (κ1) is 16.4. The lowest BCUT2D eigenvalue weighted by molar-refractivity contribution is 0.209. The number of H-pyrrole nitrogens is 1. The third-order valence-electron chi connectivity index (χ3n) is 5.01. The van der Waals surface area contributed by atoms with Crippen molar-refractivity contribution >= 4 is 28.3 Å². The van der Waals surface area contributed by atoms with Crippen LogP contribution in [0.25, 0.3) is 22.4 Å². The number of imidazole rings is 1. The molecule has 0 amide bonds. The molecule has 25 heavy (non-hydrogen) atoms. The zero-order valence-electron chi connectivity index (χ0n) is 14.7. The number of hydrogen-bond donors (Lipinski definition) is 1. The summed E-state index contributed by atoms with van der Waals surface area (Å²) in [6, 6.07) is 15.1. The van der Waals surface area contributed by atoms with Gasteiger partial charge in [-0.1, -0.05) is 17.7 Å². The second-order valence-electron chi connectivity index (χ2n) is 6.89. The van der Waals surface area contributed by atoms with Gasteiger partial charge in [-0.2, -0.15) is 0 Å². The number of halogens is 1. The molecule has 2 heterocycles. The van der Waals surface area contributed by atoms with Gasteiger partial charge in [-0.25, -0.2) is 4.98 Å². The van der Waals surface area contributed by atoms with Gasteiger partial charge in [0.15, 0.2) is 0 Å². The van der Waals surface area contributed by atoms with E-state index in [-0.39, 0.29) is 0 Å². The third-order valence-corrected chi connectivity index (χ3v) is 5.32. The predicted octanol–water partition coefficient (Wildman–Crippen LogP) is 4.41. The smallest absolute Gasteiger partial charge is 0.138 e. The van der Waals surface area contributed by atoms with Gasteiger partial charge in [-0.15, -0.1) is 0 Å². The Balaban J connectivity index is 1.53. The molecule has 0 atom stereocenters. The number of para-hydroxylation sites is 1. The summed E-state index contributed by atoms with van der Waals surface area (Å²) in [5.74, 6) is 0.860. The van der Waals surface area contributed by atoms with E-state index in [1.807, 2.05) is 18.2 Å². The molecule has 1 saturated heterocycles. The molecule has 3 aromatic rings. The molecular weight excluding hydrogens is 332 g/mol. The topological polar surface area (TPSA) is 35.2 Å². The van der Waals surface area contributed by atoms with Crippen molar-refractivity contribution in [1.82, 2.24) is 14.9 Å². The maximum atomic E-state index is 6.23. The van der Waals surface area contributed by atoms with Gasteiger partial charge in [-0.3, -0.25) is 4.90 Å². The Labute approximate surface area is 153 Å². The van der Waals surface area contributed by atoms with Crippen LogP contribution in [0.15, 0.2) is 42.5 Å². The number of piperazine rings is 1. The Hall–Kier alpha value is -2.04. The van der Waals surface area contributed by atoms with Crippen LogP contribution in [0.2, 0.25) is 5.02 Å². The summed E-state index contributed by atoms with van der Waals surface area (Å²) < 4.78 is 0. The Morgan fingerprint density at radius 1 is 1.00 bits per heavy atom. The van der Waals surface area contributed by atoms with Crippen LogP contribution in [-0.4, -0.2) is 47.1 Å². The maximum absolute atomic E-state index is 6.23. The fourth-order valence-electron chi connectivity index (χ4n) is 3.46. The minimum Gasteiger partial charge on any atom is -0.369 e. The molecule has 0 bridgehead atoms. The third kappa shape index (κ3) is 3.24. The molecule has 4 nitrogen and oxygen atoms in total. The summed E-state index contributed by atoms with van der Waals surface area (Å²) in [4.78, 5) is 13.0. The van der Waals surface area contributed by atoms with Gasteiger partial charge in [0, 0.05) is 43.5 Å². The monoisotopic (exact) mass is 354 g/mol. The van der Waals surface area contributed by atoms with E-state index < -0.39 is 0 Å². The largest absolute Gasteiger partial charge is 0.369 e. The van der Waals surface area contributed by atoms with Gasteiger partial charge in [-0.05, 0) is 50.2 Å². The minimum atomic E-state index is 0.629. The summed E-state index contributed by atoms with van der Waals surface area (Å²) in [6.45, 7) is 8.95. The predicted molar refractivity (Wildman–Crippen MR) is 105 cm³/mol. The van der Waals surface area contributed by atoms with Crippen LogP contribution in [0.5, 0.6) is 0 Å². The van der Waals surface area contributed by atoms with Crippen molar-refractivity contribution in [1.29, 1.82) is 0 Å². The van der Waals surface area contributed by atoms with Crippen molar-refractivity contribution in [2.45, 2.75) is 19.9 Å². The zero-order chi connectivity index (χ0) is 17.4. The number of hydrogen-bond acceptors (Lipinski definition) is 3. The first-order valence-electron chi connectivity index (χ1n) is 8.85. The quantitative estimate of drug-likeness (QED) is 0.756. The van der Waals surface area contributed by atoms with Crippen molar-refractivity contribution in [2.24, 2.45) is 0 Å². The van der Waals surface area contributed by atoms with E-state index in [0.717, 1.165) is 48.6 Å². The molecule has 1 aromatic heterocycles. The summed E-state index contributed by atoms with van der Waals surface area (Å²) in [6.07, 6.45) is 0. The van der Waals surface area contributed by atoms with Crippen LogP contribution in [0.4, 0.5) is 5.69 Å². The summed E-state index contributed by atoms with van der Waals surface area (Å²) in [5.41, 5.74) is 4.16. The number of aromatic amines is 1. The molecule has 0 saturated carbocycles. The number of aromatic nitrogens is 2. The summed E-state index contributed by atoms with van der Waals surface area (Å²) in [7, 11) is 0. The average molecular weight is 355 g/mol. The number of benzene rings is 2. The fraction of sp³-hybridized carbons (Fsp3) is 0.350. The lowest BCUT2D eigenvalue weighted by Crippen LogP contribution is -2.48. The van der Waals surface area contributed by atoms with Crippen LogP contribution in [-0.2, 0) is 0 Å². The van der Waals surface area contributed by atoms with Gasteiger partial charge in [0.05, 0.1) is 10.5 Å². The molecule has 1 N–H and O–H groups in total. The number of fused-ring (bicyclic) bond motifs is 1. The highest BCUT2D eigenvalue weighted by Crippen LogP contribution is 2.27. The normalized spacial score (nSPS) is 16.1. The van der Waals surface area contributed by atoms with Gasteiger partial charge >= 0.3 is 0 Å². The summed E-state index contributed by atoms with van der Waals surface area (Å²) in [5, 5.41) is 0.680. The second kappa shape index (κ2) is 6.70. The van der Waals surface area contributed by atoms with Crippen molar-refractivity contribution in [3.05, 3.63) is 47.5 Å². The average Bonchev–Trinajstić information content (AvgIpc) is 3.08. The Kier molecular flexibility index (Phi) is 4.40. The number of rotatable bonds is 3. The van der Waals surface area contributed by atoms with Gasteiger partial charge in [0.25, 0.3) is 0 Å². The maximum Gasteiger partial charge on any atom is 0.138 e. The Bertz CT molecular complexity index is 861. The first-order valence-corrected chi connectivity index (χ1v) is 9.23. The highest BCUT2D eigenvalue weighted by atomic mass is 35.5. The standard InChI is InChI=1S/C20H23ClN4/c1-14(2)24-10-12-25(13-11-24)16-8-6-15(7-9-16)20-22-18-5-3-4-17(21)19(18)23-20/h3-9,14H,10-13H2,1-2H3,(H,22,23). The van der Waals surface area contributed by atoms with Crippen LogP contribution in [0.1, 0.15) is 13.8 Å². The second-order valence-corrected chi connectivity index (χ2v) is 7.29. The van der Waals surface area contributed by atoms with E-state index in [1.54, 1.807) is 0 Å². The van der Waals surface area contributed by atoms with Crippen molar-refractivity contribution in [3.8, 4) is 11.4 Å². The van der Waals surface area contributed by atoms with Gasteiger partial charge in [0.1, 0.15) is 11.3 Å².